The Labute approximate surface area is 128 Å². The second-order valence-electron chi connectivity index (χ2n) is 5.20. The number of alkyl halides is 3. The van der Waals surface area contributed by atoms with Crippen LogP contribution in [0.3, 0.4) is 0 Å². The summed E-state index contributed by atoms with van der Waals surface area (Å²) in [6.45, 7) is 1.99. The van der Waals surface area contributed by atoms with Gasteiger partial charge in [0.2, 0.25) is 0 Å². The van der Waals surface area contributed by atoms with Crippen LogP contribution in [0.5, 0.6) is 0 Å². The third-order valence-electron chi connectivity index (χ3n) is 3.85. The first kappa shape index (κ1) is 16.3. The van der Waals surface area contributed by atoms with E-state index < -0.39 is 23.7 Å². The molecule has 0 bridgehead atoms. The highest BCUT2D eigenvalue weighted by molar-refractivity contribution is 9.10. The number of carbonyl (C=O) groups excluding carboxylic acids is 1. The fourth-order valence-electron chi connectivity index (χ4n) is 2.63. The van der Waals surface area contributed by atoms with E-state index in [1.54, 1.807) is 0 Å². The van der Waals surface area contributed by atoms with Gasteiger partial charge >= 0.3 is 6.18 Å². The molecular formula is C14H15BrF3NO2. The first-order valence-electron chi connectivity index (χ1n) is 6.54. The van der Waals surface area contributed by atoms with Crippen molar-refractivity contribution in [1.29, 1.82) is 0 Å². The van der Waals surface area contributed by atoms with Crippen molar-refractivity contribution in [3.63, 3.8) is 0 Å². The summed E-state index contributed by atoms with van der Waals surface area (Å²) >= 11 is 2.99. The molecule has 2 rings (SSSR count). The topological polar surface area (TPSA) is 40.5 Å². The van der Waals surface area contributed by atoms with Gasteiger partial charge in [0.15, 0.2) is 0 Å². The number of rotatable bonds is 2. The number of aliphatic hydroxyl groups is 1. The van der Waals surface area contributed by atoms with Gasteiger partial charge in [-0.3, -0.25) is 4.79 Å². The van der Waals surface area contributed by atoms with Crippen LogP contribution in [0.25, 0.3) is 0 Å². The summed E-state index contributed by atoms with van der Waals surface area (Å²) < 4.78 is 39.5. The Morgan fingerprint density at radius 2 is 2.14 bits per heavy atom. The smallest absolute Gasteiger partial charge is 0.394 e. The molecule has 0 aliphatic carbocycles. The van der Waals surface area contributed by atoms with Gasteiger partial charge in [-0.15, -0.1) is 0 Å². The highest BCUT2D eigenvalue weighted by atomic mass is 79.9. The van der Waals surface area contributed by atoms with Crippen molar-refractivity contribution >= 4 is 21.8 Å². The lowest BCUT2D eigenvalue weighted by Gasteiger charge is -2.26. The van der Waals surface area contributed by atoms with Gasteiger partial charge in [-0.25, -0.2) is 0 Å². The van der Waals surface area contributed by atoms with Gasteiger partial charge in [-0.2, -0.15) is 13.2 Å². The average molecular weight is 366 g/mol. The van der Waals surface area contributed by atoms with E-state index in [0.717, 1.165) is 6.07 Å². The van der Waals surface area contributed by atoms with Crippen LogP contribution in [0.4, 0.5) is 13.2 Å². The van der Waals surface area contributed by atoms with E-state index in [1.807, 2.05) is 6.92 Å². The molecule has 1 aliphatic rings. The first-order valence-corrected chi connectivity index (χ1v) is 7.33. The van der Waals surface area contributed by atoms with Gasteiger partial charge < -0.3 is 10.0 Å². The van der Waals surface area contributed by atoms with E-state index in [1.165, 1.54) is 17.0 Å². The molecule has 0 spiro atoms. The Bertz CT molecular complexity index is 548. The van der Waals surface area contributed by atoms with E-state index in [-0.39, 0.29) is 22.6 Å². The highest BCUT2D eigenvalue weighted by Crippen LogP contribution is 2.35. The second kappa shape index (κ2) is 5.96. The third kappa shape index (κ3) is 3.23. The molecule has 7 heteroatoms. The van der Waals surface area contributed by atoms with Crippen molar-refractivity contribution < 1.29 is 23.1 Å². The van der Waals surface area contributed by atoms with Crippen molar-refractivity contribution in [2.75, 3.05) is 13.2 Å². The van der Waals surface area contributed by atoms with Crippen molar-refractivity contribution in [3.8, 4) is 0 Å². The maximum Gasteiger partial charge on any atom is 0.417 e. The van der Waals surface area contributed by atoms with Gasteiger partial charge in [-0.1, -0.05) is 22.9 Å². The van der Waals surface area contributed by atoms with Crippen LogP contribution in [0.15, 0.2) is 22.7 Å². The summed E-state index contributed by atoms with van der Waals surface area (Å²) in [4.78, 5) is 13.8. The summed E-state index contributed by atoms with van der Waals surface area (Å²) in [6, 6.07) is 3.06. The molecule has 0 saturated carbocycles. The van der Waals surface area contributed by atoms with Crippen LogP contribution in [-0.2, 0) is 6.18 Å². The number of hydrogen-bond acceptors (Lipinski definition) is 2. The quantitative estimate of drug-likeness (QED) is 0.873. The molecule has 2 unspecified atom stereocenters. The molecule has 1 heterocycles. The zero-order valence-corrected chi connectivity index (χ0v) is 12.9. The predicted octanol–water partition coefficient (Wildman–Crippen LogP) is 3.31. The zero-order valence-electron chi connectivity index (χ0n) is 11.3. The van der Waals surface area contributed by atoms with E-state index in [4.69, 9.17) is 0 Å². The normalized spacial score (nSPS) is 22.7. The number of benzene rings is 1. The van der Waals surface area contributed by atoms with Crippen LogP contribution < -0.4 is 0 Å². The molecule has 0 aromatic heterocycles. The van der Waals surface area contributed by atoms with E-state index in [9.17, 15) is 23.1 Å². The van der Waals surface area contributed by atoms with Crippen molar-refractivity contribution in [2.45, 2.75) is 25.6 Å². The number of likely N-dealkylation sites (tertiary alicyclic amines) is 1. The van der Waals surface area contributed by atoms with Gasteiger partial charge in [0.1, 0.15) is 0 Å². The minimum Gasteiger partial charge on any atom is -0.394 e. The molecular weight excluding hydrogens is 351 g/mol. The molecule has 116 valence electrons. The molecule has 1 fully saturated rings. The van der Waals surface area contributed by atoms with Gasteiger partial charge in [0.05, 0.1) is 23.8 Å². The minimum atomic E-state index is -4.60. The Morgan fingerprint density at radius 1 is 1.48 bits per heavy atom. The lowest BCUT2D eigenvalue weighted by molar-refractivity contribution is -0.138. The fourth-order valence-corrected chi connectivity index (χ4v) is 2.99. The number of nitrogens with zero attached hydrogens (tertiary/aromatic N) is 1. The van der Waals surface area contributed by atoms with Crippen LogP contribution in [0.1, 0.15) is 29.3 Å². The molecule has 1 amide bonds. The van der Waals surface area contributed by atoms with Crippen LogP contribution in [0.2, 0.25) is 0 Å². The van der Waals surface area contributed by atoms with Crippen LogP contribution in [-0.4, -0.2) is 35.1 Å². The number of aliphatic hydroxyl groups excluding tert-OH is 1. The van der Waals surface area contributed by atoms with Crippen molar-refractivity contribution in [2.24, 2.45) is 5.92 Å². The highest BCUT2D eigenvalue weighted by Gasteiger charge is 2.40. The maximum absolute atomic E-state index is 13.1. The predicted molar refractivity (Wildman–Crippen MR) is 74.8 cm³/mol. The Hall–Kier alpha value is -1.08. The third-order valence-corrected chi connectivity index (χ3v) is 4.34. The molecule has 2 atom stereocenters. The first-order chi connectivity index (χ1) is 9.75. The molecule has 1 aromatic rings. The monoisotopic (exact) mass is 365 g/mol. The largest absolute Gasteiger partial charge is 0.417 e. The van der Waals surface area contributed by atoms with Gasteiger partial charge in [-0.05, 0) is 30.5 Å². The number of halogens is 4. The lowest BCUT2D eigenvalue weighted by atomic mass is 10.0. The Balaban J connectivity index is 2.40. The van der Waals surface area contributed by atoms with E-state index in [0.29, 0.717) is 13.0 Å². The summed E-state index contributed by atoms with van der Waals surface area (Å²) in [6.07, 6.45) is -3.93. The van der Waals surface area contributed by atoms with Crippen molar-refractivity contribution in [3.05, 3.63) is 33.8 Å². The molecule has 1 saturated heterocycles. The molecule has 21 heavy (non-hydrogen) atoms. The Morgan fingerprint density at radius 3 is 2.71 bits per heavy atom. The Kier molecular flexibility index (Phi) is 4.63. The summed E-state index contributed by atoms with van der Waals surface area (Å²) in [5, 5.41) is 9.35. The molecule has 3 nitrogen and oxygen atoms in total. The maximum atomic E-state index is 13.1. The number of hydrogen-bond donors (Lipinski definition) is 1. The second-order valence-corrected chi connectivity index (χ2v) is 6.12. The summed E-state index contributed by atoms with van der Waals surface area (Å²) in [5.41, 5.74) is -1.34. The SMILES string of the molecule is CC1CCN(C(=O)c2ccc(Br)cc2C(F)(F)F)C1CO. The van der Waals surface area contributed by atoms with Crippen molar-refractivity contribution in [1.82, 2.24) is 4.90 Å². The minimum absolute atomic E-state index is 0.0729. The summed E-state index contributed by atoms with van der Waals surface area (Å²) in [5.74, 6) is -0.609. The number of amides is 1. The molecule has 1 aromatic carbocycles. The molecule has 1 aliphatic heterocycles. The molecule has 0 radical (unpaired) electrons. The lowest BCUT2D eigenvalue weighted by Crippen LogP contribution is -2.40. The van der Waals surface area contributed by atoms with Crippen LogP contribution >= 0.6 is 15.9 Å². The number of carbonyl (C=O) groups is 1. The fraction of sp³-hybridized carbons (Fsp3) is 0.500. The molecule has 1 N–H and O–H groups in total. The van der Waals surface area contributed by atoms with E-state index >= 15 is 0 Å². The average Bonchev–Trinajstić information content (AvgIpc) is 2.78. The van der Waals surface area contributed by atoms with Crippen LogP contribution in [0, 0.1) is 5.92 Å². The standard InChI is InChI=1S/C14H15BrF3NO2/c1-8-4-5-19(12(8)7-20)13(21)10-3-2-9(15)6-11(10)14(16,17)18/h2-3,6,8,12,20H,4-5,7H2,1H3. The zero-order chi connectivity index (χ0) is 15.8. The summed E-state index contributed by atoms with van der Waals surface area (Å²) in [7, 11) is 0. The van der Waals surface area contributed by atoms with E-state index in [2.05, 4.69) is 15.9 Å². The van der Waals surface area contributed by atoms with Gasteiger partial charge in [0.25, 0.3) is 5.91 Å². The van der Waals surface area contributed by atoms with Gasteiger partial charge in [0, 0.05) is 11.0 Å².